The zero-order chi connectivity index (χ0) is 12.5. The van der Waals surface area contributed by atoms with Crippen molar-refractivity contribution in [1.82, 2.24) is 4.72 Å². The highest BCUT2D eigenvalue weighted by Crippen LogP contribution is 2.37. The van der Waals surface area contributed by atoms with Crippen LogP contribution in [0.1, 0.15) is 12.5 Å². The van der Waals surface area contributed by atoms with Gasteiger partial charge in [0.15, 0.2) is 0 Å². The van der Waals surface area contributed by atoms with E-state index in [1.54, 1.807) is 33.7 Å². The van der Waals surface area contributed by atoms with Crippen molar-refractivity contribution in [2.24, 2.45) is 0 Å². The molecule has 1 aliphatic rings. The summed E-state index contributed by atoms with van der Waals surface area (Å²) in [4.78, 5) is 0.345. The lowest BCUT2D eigenvalue weighted by Gasteiger charge is -2.15. The molecule has 0 amide bonds. The minimum absolute atomic E-state index is 0.0244. The average molecular weight is 289 g/mol. The van der Waals surface area contributed by atoms with E-state index in [1.165, 1.54) is 0 Å². The van der Waals surface area contributed by atoms with Crippen LogP contribution in [0.3, 0.4) is 0 Å². The lowest BCUT2D eigenvalue weighted by Crippen LogP contribution is -2.39. The van der Waals surface area contributed by atoms with E-state index in [9.17, 15) is 8.42 Å². The van der Waals surface area contributed by atoms with Gasteiger partial charge in [-0.2, -0.15) is 0 Å². The van der Waals surface area contributed by atoms with E-state index in [0.29, 0.717) is 10.1 Å². The molecule has 0 bridgehead atoms. The van der Waals surface area contributed by atoms with E-state index in [2.05, 4.69) is 4.72 Å². The smallest absolute Gasteiger partial charge is 0.207 e. The highest BCUT2D eigenvalue weighted by atomic mass is 33.1. The molecule has 0 radical (unpaired) electrons. The van der Waals surface area contributed by atoms with Crippen molar-refractivity contribution in [3.63, 3.8) is 0 Å². The topological polar surface area (TPSA) is 46.2 Å². The van der Waals surface area contributed by atoms with Crippen molar-refractivity contribution in [3.05, 3.63) is 29.8 Å². The van der Waals surface area contributed by atoms with Gasteiger partial charge in [-0.3, -0.25) is 0 Å². The van der Waals surface area contributed by atoms with Crippen LogP contribution < -0.4 is 4.72 Å². The Morgan fingerprint density at radius 2 is 1.94 bits per heavy atom. The van der Waals surface area contributed by atoms with Gasteiger partial charge in [-0.15, -0.1) is 0 Å². The van der Waals surface area contributed by atoms with E-state index in [4.69, 9.17) is 0 Å². The van der Waals surface area contributed by atoms with Gasteiger partial charge >= 0.3 is 0 Å². The lowest BCUT2D eigenvalue weighted by molar-refractivity contribution is 0.562. The van der Waals surface area contributed by atoms with Gasteiger partial charge in [-0.05, 0) is 19.1 Å². The number of rotatable bonds is 3. The van der Waals surface area contributed by atoms with Crippen LogP contribution in [0, 0.1) is 6.92 Å². The Hall–Kier alpha value is -0.170. The van der Waals surface area contributed by atoms with Crippen LogP contribution in [0.15, 0.2) is 29.2 Å². The normalized spacial score (nSPS) is 25.1. The van der Waals surface area contributed by atoms with E-state index < -0.39 is 10.0 Å². The fourth-order valence-corrected chi connectivity index (χ4v) is 6.00. The Kier molecular flexibility index (Phi) is 4.07. The van der Waals surface area contributed by atoms with Crippen molar-refractivity contribution in [2.45, 2.75) is 30.0 Å². The van der Waals surface area contributed by atoms with Gasteiger partial charge < -0.3 is 0 Å². The highest BCUT2D eigenvalue weighted by Gasteiger charge is 2.29. The molecule has 1 aromatic carbocycles. The Balaban J connectivity index is 2.16. The second-order valence-corrected chi connectivity index (χ2v) is 8.63. The molecule has 1 aliphatic heterocycles. The molecule has 0 saturated carbocycles. The molecule has 6 heteroatoms. The molecule has 2 atom stereocenters. The first kappa shape index (κ1) is 13.3. The molecule has 17 heavy (non-hydrogen) atoms. The van der Waals surface area contributed by atoms with Crippen molar-refractivity contribution >= 4 is 31.6 Å². The van der Waals surface area contributed by atoms with Crippen molar-refractivity contribution in [1.29, 1.82) is 0 Å². The SMILES string of the molecule is Cc1ccc(S(=O)(=O)N[C@@H]2CSS[C@H]2C)cc1. The molecule has 1 heterocycles. The minimum atomic E-state index is -3.37. The number of hydrogen-bond donors (Lipinski definition) is 1. The molecule has 1 fully saturated rings. The summed E-state index contributed by atoms with van der Waals surface area (Å²) in [5, 5.41) is 0.320. The summed E-state index contributed by atoms with van der Waals surface area (Å²) in [6, 6.07) is 6.96. The maximum Gasteiger partial charge on any atom is 0.240 e. The van der Waals surface area contributed by atoms with Gasteiger partial charge in [0.25, 0.3) is 0 Å². The van der Waals surface area contributed by atoms with Crippen LogP contribution >= 0.6 is 21.6 Å². The molecule has 2 rings (SSSR count). The number of nitrogens with one attached hydrogen (secondary N) is 1. The lowest BCUT2D eigenvalue weighted by atomic mass is 10.2. The third kappa shape index (κ3) is 3.19. The molecule has 1 aromatic rings. The number of hydrogen-bond acceptors (Lipinski definition) is 4. The monoisotopic (exact) mass is 289 g/mol. The second-order valence-electron chi connectivity index (χ2n) is 4.13. The first-order valence-corrected chi connectivity index (χ1v) is 9.23. The summed E-state index contributed by atoms with van der Waals surface area (Å²) in [6.07, 6.45) is 0. The minimum Gasteiger partial charge on any atom is -0.207 e. The van der Waals surface area contributed by atoms with Crippen LogP contribution in [0.25, 0.3) is 0 Å². The van der Waals surface area contributed by atoms with Gasteiger partial charge in [-0.1, -0.05) is 46.2 Å². The van der Waals surface area contributed by atoms with E-state index in [0.717, 1.165) is 11.3 Å². The van der Waals surface area contributed by atoms with Gasteiger partial charge in [0.1, 0.15) is 0 Å². The predicted octanol–water partition coefficient (Wildman–Crippen LogP) is 2.43. The van der Waals surface area contributed by atoms with Crippen LogP contribution in [0.2, 0.25) is 0 Å². The predicted molar refractivity (Wildman–Crippen MR) is 74.8 cm³/mol. The van der Waals surface area contributed by atoms with Gasteiger partial charge in [0, 0.05) is 17.0 Å². The zero-order valence-electron chi connectivity index (χ0n) is 9.71. The standard InChI is InChI=1S/C11H15NO2S3/c1-8-3-5-10(6-4-8)17(13,14)12-11-7-15-16-9(11)2/h3-6,9,11-12H,7H2,1-2H3/t9-,11+/m0/s1. The van der Waals surface area contributed by atoms with Gasteiger partial charge in [0.05, 0.1) is 4.90 Å². The third-order valence-electron chi connectivity index (χ3n) is 2.67. The maximum atomic E-state index is 12.1. The first-order valence-electron chi connectivity index (χ1n) is 5.36. The average Bonchev–Trinajstić information content (AvgIpc) is 2.64. The Morgan fingerprint density at radius 1 is 1.29 bits per heavy atom. The summed E-state index contributed by atoms with van der Waals surface area (Å²) in [7, 11) is 0.0817. The Bertz CT molecular complexity index is 484. The molecular weight excluding hydrogens is 274 g/mol. The van der Waals surface area contributed by atoms with E-state index in [1.807, 2.05) is 26.0 Å². The molecule has 0 spiro atoms. The largest absolute Gasteiger partial charge is 0.240 e. The van der Waals surface area contributed by atoms with Crippen LogP contribution in [-0.2, 0) is 10.0 Å². The summed E-state index contributed by atoms with van der Waals surface area (Å²) in [5.74, 6) is 0.830. The maximum absolute atomic E-state index is 12.1. The molecule has 0 aromatic heterocycles. The van der Waals surface area contributed by atoms with E-state index >= 15 is 0 Å². The fraction of sp³-hybridized carbons (Fsp3) is 0.455. The first-order chi connectivity index (χ1) is 7.99. The second kappa shape index (κ2) is 5.22. The molecule has 0 unspecified atom stereocenters. The number of aryl methyl sites for hydroxylation is 1. The van der Waals surface area contributed by atoms with Gasteiger partial charge in [0.2, 0.25) is 10.0 Å². The number of sulfonamides is 1. The molecule has 94 valence electrons. The van der Waals surface area contributed by atoms with Crippen molar-refractivity contribution < 1.29 is 8.42 Å². The van der Waals surface area contributed by atoms with E-state index in [-0.39, 0.29) is 6.04 Å². The Morgan fingerprint density at radius 3 is 2.47 bits per heavy atom. The van der Waals surface area contributed by atoms with Crippen molar-refractivity contribution in [3.8, 4) is 0 Å². The quantitative estimate of drug-likeness (QED) is 0.868. The summed E-state index contributed by atoms with van der Waals surface area (Å²) < 4.78 is 27.0. The zero-order valence-corrected chi connectivity index (χ0v) is 12.2. The molecule has 3 nitrogen and oxygen atoms in total. The Labute approximate surface area is 110 Å². The summed E-state index contributed by atoms with van der Waals surface area (Å²) >= 11 is 0. The van der Waals surface area contributed by atoms with Crippen molar-refractivity contribution in [2.75, 3.05) is 5.75 Å². The highest BCUT2D eigenvalue weighted by molar-refractivity contribution is 8.77. The summed E-state index contributed by atoms with van der Waals surface area (Å²) in [5.41, 5.74) is 1.06. The van der Waals surface area contributed by atoms with Crippen LogP contribution in [0.4, 0.5) is 0 Å². The molecule has 0 aliphatic carbocycles. The van der Waals surface area contributed by atoms with Crippen LogP contribution in [0.5, 0.6) is 0 Å². The third-order valence-corrected chi connectivity index (χ3v) is 7.17. The molecule has 1 saturated heterocycles. The van der Waals surface area contributed by atoms with Gasteiger partial charge in [-0.25, -0.2) is 13.1 Å². The fourth-order valence-electron chi connectivity index (χ4n) is 1.54. The molecule has 1 N–H and O–H groups in total. The molecular formula is C11H15NO2S3. The van der Waals surface area contributed by atoms with Crippen LogP contribution in [-0.4, -0.2) is 25.5 Å². The number of benzene rings is 1. The summed E-state index contributed by atoms with van der Waals surface area (Å²) in [6.45, 7) is 3.99.